The van der Waals surface area contributed by atoms with Gasteiger partial charge in [-0.2, -0.15) is 31.3 Å². The third-order valence-electron chi connectivity index (χ3n) is 5.18. The molecule has 0 aromatic heterocycles. The maximum atomic E-state index is 12.7. The first kappa shape index (κ1) is 37.9. The molecule has 4 aromatic rings. The molecule has 2 amide bonds. The molecule has 244 valence electrons. The summed E-state index contributed by atoms with van der Waals surface area (Å²) in [6, 6.07) is 12.7. The zero-order valence-corrected chi connectivity index (χ0v) is 25.5. The molecule has 0 fully saturated rings. The van der Waals surface area contributed by atoms with Gasteiger partial charge < -0.3 is 26.6 Å². The van der Waals surface area contributed by atoms with E-state index in [0.29, 0.717) is 22.8 Å². The Morgan fingerprint density at radius 1 is 0.696 bits per heavy atom. The Kier molecular flexibility index (Phi) is 13.4. The van der Waals surface area contributed by atoms with Crippen LogP contribution in [-0.2, 0) is 17.1 Å². The van der Waals surface area contributed by atoms with E-state index < -0.39 is 29.5 Å². The first-order valence-corrected chi connectivity index (χ1v) is 13.4. The highest BCUT2D eigenvalue weighted by atomic mass is 35.5. The van der Waals surface area contributed by atoms with Gasteiger partial charge in [0.05, 0.1) is 43.9 Å². The van der Waals surface area contributed by atoms with E-state index in [1.54, 1.807) is 6.07 Å². The van der Waals surface area contributed by atoms with Crippen LogP contribution in [0.2, 0.25) is 20.1 Å². The van der Waals surface area contributed by atoms with Crippen molar-refractivity contribution in [2.75, 3.05) is 16.4 Å². The summed E-state index contributed by atoms with van der Waals surface area (Å²) in [5, 5.41) is 23.6. The number of alkyl halides is 6. The number of hydrogen-bond acceptors (Lipinski definition) is 6. The number of aliphatic imine (C=N–C) groups is 1. The second kappa shape index (κ2) is 16.3. The van der Waals surface area contributed by atoms with Crippen LogP contribution in [0.15, 0.2) is 77.8 Å². The number of phenolic OH excluding ortho intramolecular Hbond substituents is 2. The second-order valence-corrected chi connectivity index (χ2v) is 10.2. The Morgan fingerprint density at radius 3 is 1.72 bits per heavy atom. The monoisotopic (exact) mass is 728 g/mol. The van der Waals surface area contributed by atoms with E-state index in [0.717, 1.165) is 30.3 Å². The van der Waals surface area contributed by atoms with E-state index in [1.807, 2.05) is 0 Å². The summed E-state index contributed by atoms with van der Waals surface area (Å²) in [5.74, 6) is -0.181. The van der Waals surface area contributed by atoms with Gasteiger partial charge in [0.1, 0.15) is 11.5 Å². The molecule has 0 aliphatic rings. The van der Waals surface area contributed by atoms with E-state index in [1.165, 1.54) is 30.3 Å². The van der Waals surface area contributed by atoms with Gasteiger partial charge in [0, 0.05) is 10.0 Å². The van der Waals surface area contributed by atoms with Crippen molar-refractivity contribution in [2.24, 2.45) is 4.99 Å². The van der Waals surface area contributed by atoms with E-state index in [9.17, 15) is 41.0 Å². The van der Waals surface area contributed by atoms with Crippen LogP contribution in [0.5, 0.6) is 11.5 Å². The first-order chi connectivity index (χ1) is 21.3. The van der Waals surface area contributed by atoms with E-state index in [2.05, 4.69) is 15.6 Å². The lowest BCUT2D eigenvalue weighted by atomic mass is 10.2. The number of halogens is 10. The Hall–Kier alpha value is -4.33. The van der Waals surface area contributed by atoms with Gasteiger partial charge in [0.2, 0.25) is 6.08 Å². The molecular formula is C28H18Cl4F6N4O4. The van der Waals surface area contributed by atoms with Crippen molar-refractivity contribution in [1.29, 1.82) is 0 Å². The number of nitrogens with zero attached hydrogens (tertiary/aromatic N) is 1. The fourth-order valence-electron chi connectivity index (χ4n) is 3.03. The van der Waals surface area contributed by atoms with Crippen LogP contribution in [-0.4, -0.2) is 22.3 Å². The number of nitrogen functional groups attached to an aromatic ring is 1. The fraction of sp³-hybridized carbons (Fsp3) is 0.0714. The summed E-state index contributed by atoms with van der Waals surface area (Å²) < 4.78 is 74.5. The lowest BCUT2D eigenvalue weighted by molar-refractivity contribution is -0.138. The van der Waals surface area contributed by atoms with Crippen molar-refractivity contribution in [1.82, 2.24) is 0 Å². The number of phenols is 2. The predicted molar refractivity (Wildman–Crippen MR) is 164 cm³/mol. The number of urea groups is 1. The van der Waals surface area contributed by atoms with Gasteiger partial charge in [0.25, 0.3) is 0 Å². The highest BCUT2D eigenvalue weighted by molar-refractivity contribution is 6.34. The number of aromatic hydroxyl groups is 2. The molecule has 0 bridgehead atoms. The molecular weight excluding hydrogens is 712 g/mol. The predicted octanol–water partition coefficient (Wildman–Crippen LogP) is 10.3. The number of hydrogen-bond donors (Lipinski definition) is 5. The summed E-state index contributed by atoms with van der Waals surface area (Å²) >= 11 is 22.5. The number of anilines is 3. The zero-order valence-electron chi connectivity index (χ0n) is 22.4. The zero-order chi connectivity index (χ0) is 34.8. The van der Waals surface area contributed by atoms with Gasteiger partial charge in [-0.25, -0.2) is 9.59 Å². The molecule has 0 atom stereocenters. The second-order valence-electron chi connectivity index (χ2n) is 8.50. The van der Waals surface area contributed by atoms with Crippen molar-refractivity contribution in [2.45, 2.75) is 12.4 Å². The Balaban J connectivity index is 0.000000270. The van der Waals surface area contributed by atoms with E-state index in [4.69, 9.17) is 57.2 Å². The molecule has 0 heterocycles. The van der Waals surface area contributed by atoms with Crippen molar-refractivity contribution in [3.05, 3.63) is 104 Å². The summed E-state index contributed by atoms with van der Waals surface area (Å²) in [4.78, 5) is 24.7. The lowest BCUT2D eigenvalue weighted by Crippen LogP contribution is -2.20. The van der Waals surface area contributed by atoms with Gasteiger partial charge in [-0.1, -0.05) is 46.4 Å². The van der Waals surface area contributed by atoms with Crippen LogP contribution in [0, 0.1) is 0 Å². The lowest BCUT2D eigenvalue weighted by Gasteiger charge is -2.13. The number of nitrogens with one attached hydrogen (secondary N) is 2. The average molecular weight is 730 g/mol. The number of isocyanates is 1. The number of carbonyl (C=O) groups excluding carboxylic acids is 2. The van der Waals surface area contributed by atoms with Gasteiger partial charge in [-0.15, -0.1) is 0 Å². The molecule has 0 saturated carbocycles. The van der Waals surface area contributed by atoms with Crippen molar-refractivity contribution >= 4 is 81.3 Å². The topological polar surface area (TPSA) is 137 Å². The number of carbonyl (C=O) groups is 1. The van der Waals surface area contributed by atoms with Gasteiger partial charge in [-0.3, -0.25) is 0 Å². The molecule has 4 rings (SSSR count). The molecule has 6 N–H and O–H groups in total. The normalized spacial score (nSPS) is 10.7. The number of amides is 2. The molecule has 0 unspecified atom stereocenters. The summed E-state index contributed by atoms with van der Waals surface area (Å²) in [6.45, 7) is 0. The fourth-order valence-corrected chi connectivity index (χ4v) is 3.71. The quantitative estimate of drug-likeness (QED) is 0.0470. The summed E-state index contributed by atoms with van der Waals surface area (Å²) in [5.41, 5.74) is 3.27. The number of benzene rings is 4. The summed E-state index contributed by atoms with van der Waals surface area (Å²) in [6.07, 6.45) is -7.91. The molecule has 4 aromatic carbocycles. The maximum Gasteiger partial charge on any atom is 0.416 e. The SMILES string of the molecule is Nc1cc(Cl)ccc1O.O=C(Nc1cc(Cl)ccc1O)Nc1cc(C(F)(F)F)ccc1Cl.O=C=Nc1cc(C(F)(F)F)ccc1Cl. The number of rotatable bonds is 3. The molecule has 0 saturated heterocycles. The van der Waals surface area contributed by atoms with Crippen LogP contribution in [0.25, 0.3) is 0 Å². The molecule has 18 heteroatoms. The highest BCUT2D eigenvalue weighted by Crippen LogP contribution is 2.36. The van der Waals surface area contributed by atoms with Crippen LogP contribution in [0.3, 0.4) is 0 Å². The smallest absolute Gasteiger partial charge is 0.416 e. The molecule has 46 heavy (non-hydrogen) atoms. The average Bonchev–Trinajstić information content (AvgIpc) is 2.95. The van der Waals surface area contributed by atoms with Crippen LogP contribution in [0.1, 0.15) is 11.1 Å². The minimum absolute atomic E-state index is 0.00176. The molecule has 0 aliphatic heterocycles. The summed E-state index contributed by atoms with van der Waals surface area (Å²) in [7, 11) is 0. The molecule has 0 spiro atoms. The van der Waals surface area contributed by atoms with Crippen molar-refractivity contribution in [3.8, 4) is 11.5 Å². The van der Waals surface area contributed by atoms with Crippen LogP contribution in [0.4, 0.5) is 53.9 Å². The molecule has 8 nitrogen and oxygen atoms in total. The number of nitrogens with two attached hydrogens (primary N) is 1. The van der Waals surface area contributed by atoms with Gasteiger partial charge in [0.15, 0.2) is 0 Å². The molecule has 0 radical (unpaired) electrons. The van der Waals surface area contributed by atoms with Crippen LogP contribution < -0.4 is 16.4 Å². The van der Waals surface area contributed by atoms with Gasteiger partial charge >= 0.3 is 18.4 Å². The maximum absolute atomic E-state index is 12.7. The Morgan fingerprint density at radius 2 is 1.20 bits per heavy atom. The van der Waals surface area contributed by atoms with E-state index in [-0.39, 0.29) is 43.6 Å². The minimum atomic E-state index is -4.57. The van der Waals surface area contributed by atoms with Crippen molar-refractivity contribution in [3.63, 3.8) is 0 Å². The first-order valence-electron chi connectivity index (χ1n) is 11.9. The Bertz CT molecular complexity index is 1750. The van der Waals surface area contributed by atoms with E-state index >= 15 is 0 Å². The van der Waals surface area contributed by atoms with Gasteiger partial charge in [-0.05, 0) is 72.8 Å². The third-order valence-corrected chi connectivity index (χ3v) is 6.30. The highest BCUT2D eigenvalue weighted by Gasteiger charge is 2.32. The van der Waals surface area contributed by atoms with Crippen LogP contribution >= 0.6 is 46.4 Å². The standard InChI is InChI=1S/C14H9Cl2F3N2O2.C8H3ClF3NO.C6H6ClNO/c15-8-2-4-12(22)11(6-8)21-13(23)20-10-5-7(14(17,18)19)1-3-9(10)16;9-6-2-1-5(8(10,11)12)3-7(6)13-4-14;7-4-1-2-6(9)5(8)3-4/h1-6,22H,(H2,20,21,23);1-3H;1-3,9H,8H2. The minimum Gasteiger partial charge on any atom is -0.506 e. The van der Waals surface area contributed by atoms with Crippen molar-refractivity contribution < 1.29 is 46.1 Å². The molecule has 0 aliphatic carbocycles. The Labute approximate surface area is 276 Å². The largest absolute Gasteiger partial charge is 0.506 e. The third kappa shape index (κ3) is 11.9.